The number of aromatic nitrogens is 4. The van der Waals surface area contributed by atoms with Gasteiger partial charge in [0.15, 0.2) is 11.5 Å². The number of anilines is 1. The van der Waals surface area contributed by atoms with Crippen molar-refractivity contribution in [2.75, 3.05) is 12.8 Å². The second kappa shape index (κ2) is 4.61. The molecule has 0 saturated carbocycles. The number of carbonyl (C=O) groups excluding carboxylic acids is 1. The van der Waals surface area contributed by atoms with Crippen molar-refractivity contribution < 1.29 is 4.79 Å². The standard InChI is InChI=1S/C13H12N6O/c1-15-13(20)11-4-5-19(18-11)12-9-6-8(14)2-3-10(9)16-7-17-12/h2-7H,14H2,1H3,(H,15,20). The van der Waals surface area contributed by atoms with Crippen LogP contribution >= 0.6 is 0 Å². The van der Waals surface area contributed by atoms with E-state index >= 15 is 0 Å². The third-order valence-electron chi connectivity index (χ3n) is 2.90. The number of hydrogen-bond donors (Lipinski definition) is 2. The Hall–Kier alpha value is -2.96. The zero-order valence-corrected chi connectivity index (χ0v) is 10.7. The van der Waals surface area contributed by atoms with Gasteiger partial charge < -0.3 is 11.1 Å². The summed E-state index contributed by atoms with van der Waals surface area (Å²) < 4.78 is 1.54. The summed E-state index contributed by atoms with van der Waals surface area (Å²) in [6.45, 7) is 0. The van der Waals surface area contributed by atoms with Gasteiger partial charge in [0, 0.05) is 24.3 Å². The molecular formula is C13H12N6O. The molecule has 0 spiro atoms. The first-order valence-corrected chi connectivity index (χ1v) is 5.97. The number of nitrogen functional groups attached to an aromatic ring is 1. The zero-order valence-electron chi connectivity index (χ0n) is 10.7. The number of rotatable bonds is 2. The highest BCUT2D eigenvalue weighted by Crippen LogP contribution is 2.20. The first-order valence-electron chi connectivity index (χ1n) is 5.97. The normalized spacial score (nSPS) is 10.7. The van der Waals surface area contributed by atoms with E-state index in [1.54, 1.807) is 31.4 Å². The lowest BCUT2D eigenvalue weighted by molar-refractivity contribution is 0.0957. The van der Waals surface area contributed by atoms with Gasteiger partial charge in [-0.05, 0) is 24.3 Å². The summed E-state index contributed by atoms with van der Waals surface area (Å²) in [5.74, 6) is 0.332. The Balaban J connectivity index is 2.16. The molecule has 1 aromatic carbocycles. The van der Waals surface area contributed by atoms with Crippen LogP contribution in [0.25, 0.3) is 16.7 Å². The fourth-order valence-electron chi connectivity index (χ4n) is 1.93. The van der Waals surface area contributed by atoms with Gasteiger partial charge in [-0.25, -0.2) is 14.6 Å². The average Bonchev–Trinajstić information content (AvgIpc) is 2.95. The Kier molecular flexibility index (Phi) is 2.79. The largest absolute Gasteiger partial charge is 0.399 e. The molecule has 2 aromatic heterocycles. The highest BCUT2D eigenvalue weighted by Gasteiger charge is 2.11. The molecule has 3 aromatic rings. The maximum atomic E-state index is 11.5. The number of carbonyl (C=O) groups is 1. The third kappa shape index (κ3) is 1.95. The highest BCUT2D eigenvalue weighted by molar-refractivity contribution is 5.92. The van der Waals surface area contributed by atoms with Crippen LogP contribution < -0.4 is 11.1 Å². The van der Waals surface area contributed by atoms with Gasteiger partial charge in [-0.15, -0.1) is 0 Å². The molecule has 1 amide bonds. The summed E-state index contributed by atoms with van der Waals surface area (Å²) in [6.07, 6.45) is 3.13. The van der Waals surface area contributed by atoms with E-state index in [1.165, 1.54) is 11.0 Å². The van der Waals surface area contributed by atoms with E-state index in [2.05, 4.69) is 20.4 Å². The van der Waals surface area contributed by atoms with Crippen LogP contribution in [0.1, 0.15) is 10.5 Å². The average molecular weight is 268 g/mol. The molecule has 0 fully saturated rings. The molecule has 0 unspecified atom stereocenters. The number of fused-ring (bicyclic) bond motifs is 1. The fourth-order valence-corrected chi connectivity index (χ4v) is 1.93. The van der Waals surface area contributed by atoms with E-state index in [0.717, 1.165) is 10.9 Å². The van der Waals surface area contributed by atoms with Gasteiger partial charge in [0.25, 0.3) is 5.91 Å². The lowest BCUT2D eigenvalue weighted by atomic mass is 10.2. The maximum absolute atomic E-state index is 11.5. The maximum Gasteiger partial charge on any atom is 0.271 e. The van der Waals surface area contributed by atoms with Crippen LogP contribution in [0.2, 0.25) is 0 Å². The van der Waals surface area contributed by atoms with Crippen molar-refractivity contribution in [1.29, 1.82) is 0 Å². The summed E-state index contributed by atoms with van der Waals surface area (Å²) in [6, 6.07) is 7.00. The molecule has 0 aliphatic rings. The zero-order chi connectivity index (χ0) is 14.1. The predicted octanol–water partition coefficient (Wildman–Crippen LogP) is 0.757. The second-order valence-electron chi connectivity index (χ2n) is 4.20. The van der Waals surface area contributed by atoms with Gasteiger partial charge >= 0.3 is 0 Å². The van der Waals surface area contributed by atoms with E-state index in [0.29, 0.717) is 17.2 Å². The minimum atomic E-state index is -0.248. The second-order valence-corrected chi connectivity index (χ2v) is 4.20. The van der Waals surface area contributed by atoms with Gasteiger partial charge in [-0.1, -0.05) is 0 Å². The van der Waals surface area contributed by atoms with Crippen LogP contribution in [0, 0.1) is 0 Å². The summed E-state index contributed by atoms with van der Waals surface area (Å²) >= 11 is 0. The van der Waals surface area contributed by atoms with Crippen molar-refractivity contribution in [1.82, 2.24) is 25.1 Å². The third-order valence-corrected chi connectivity index (χ3v) is 2.90. The van der Waals surface area contributed by atoms with Crippen LogP contribution in [0.3, 0.4) is 0 Å². The topological polar surface area (TPSA) is 98.7 Å². The molecule has 0 aliphatic carbocycles. The Morgan fingerprint density at radius 1 is 1.30 bits per heavy atom. The predicted molar refractivity (Wildman–Crippen MR) is 74.5 cm³/mol. The molecule has 0 bridgehead atoms. The van der Waals surface area contributed by atoms with Crippen molar-refractivity contribution in [2.24, 2.45) is 0 Å². The lowest BCUT2D eigenvalue weighted by Gasteiger charge is -2.05. The van der Waals surface area contributed by atoms with Crippen molar-refractivity contribution in [2.45, 2.75) is 0 Å². The van der Waals surface area contributed by atoms with E-state index in [-0.39, 0.29) is 5.91 Å². The van der Waals surface area contributed by atoms with Crippen LogP contribution in [0.5, 0.6) is 0 Å². The molecule has 0 saturated heterocycles. The molecule has 0 atom stereocenters. The van der Waals surface area contributed by atoms with Gasteiger partial charge in [-0.3, -0.25) is 4.79 Å². The highest BCUT2D eigenvalue weighted by atomic mass is 16.1. The summed E-state index contributed by atoms with van der Waals surface area (Å²) in [5.41, 5.74) is 7.50. The van der Waals surface area contributed by atoms with Gasteiger partial charge in [-0.2, -0.15) is 5.10 Å². The van der Waals surface area contributed by atoms with Crippen molar-refractivity contribution in [3.8, 4) is 5.82 Å². The molecule has 0 aliphatic heterocycles. The number of benzene rings is 1. The number of nitrogens with two attached hydrogens (primary N) is 1. The lowest BCUT2D eigenvalue weighted by Crippen LogP contribution is -2.18. The minimum Gasteiger partial charge on any atom is -0.399 e. The van der Waals surface area contributed by atoms with Crippen molar-refractivity contribution in [3.63, 3.8) is 0 Å². The first kappa shape index (κ1) is 12.1. The molecule has 20 heavy (non-hydrogen) atoms. The first-order chi connectivity index (χ1) is 9.69. The quantitative estimate of drug-likeness (QED) is 0.668. The number of nitrogens with zero attached hydrogens (tertiary/aromatic N) is 4. The Morgan fingerprint density at radius 3 is 2.95 bits per heavy atom. The van der Waals surface area contributed by atoms with Gasteiger partial charge in [0.05, 0.1) is 5.52 Å². The van der Waals surface area contributed by atoms with E-state index in [1.807, 2.05) is 6.07 Å². The van der Waals surface area contributed by atoms with Crippen molar-refractivity contribution >= 4 is 22.5 Å². The molecule has 0 radical (unpaired) electrons. The fraction of sp³-hybridized carbons (Fsp3) is 0.0769. The summed E-state index contributed by atoms with van der Waals surface area (Å²) in [7, 11) is 1.56. The molecule has 100 valence electrons. The van der Waals surface area contributed by atoms with Crippen LogP contribution in [0.15, 0.2) is 36.8 Å². The monoisotopic (exact) mass is 268 g/mol. The van der Waals surface area contributed by atoms with Crippen LogP contribution in [-0.2, 0) is 0 Å². The smallest absolute Gasteiger partial charge is 0.271 e. The van der Waals surface area contributed by atoms with Gasteiger partial charge in [0.2, 0.25) is 0 Å². The molecular weight excluding hydrogens is 256 g/mol. The number of amides is 1. The molecule has 3 rings (SSSR count). The SMILES string of the molecule is CNC(=O)c1ccn(-c2ncnc3ccc(N)cc23)n1. The number of nitrogens with one attached hydrogen (secondary N) is 1. The Labute approximate surface area is 114 Å². The Bertz CT molecular complexity index is 794. The summed E-state index contributed by atoms with van der Waals surface area (Å²) in [4.78, 5) is 19.9. The molecule has 2 heterocycles. The van der Waals surface area contributed by atoms with E-state index in [9.17, 15) is 4.79 Å². The molecule has 3 N–H and O–H groups in total. The van der Waals surface area contributed by atoms with Crippen molar-refractivity contribution in [3.05, 3.63) is 42.5 Å². The molecule has 7 nitrogen and oxygen atoms in total. The van der Waals surface area contributed by atoms with E-state index in [4.69, 9.17) is 5.73 Å². The van der Waals surface area contributed by atoms with E-state index < -0.39 is 0 Å². The minimum absolute atomic E-state index is 0.248. The van der Waals surface area contributed by atoms with Gasteiger partial charge in [0.1, 0.15) is 6.33 Å². The van der Waals surface area contributed by atoms with Crippen LogP contribution in [-0.4, -0.2) is 32.7 Å². The summed E-state index contributed by atoms with van der Waals surface area (Å²) in [5, 5.41) is 7.51. The molecule has 7 heteroatoms. The number of hydrogen-bond acceptors (Lipinski definition) is 5. The Morgan fingerprint density at radius 2 is 2.15 bits per heavy atom. The van der Waals surface area contributed by atoms with Crippen LogP contribution in [0.4, 0.5) is 5.69 Å².